The number of esters is 1. The summed E-state index contributed by atoms with van der Waals surface area (Å²) in [7, 11) is 0. The summed E-state index contributed by atoms with van der Waals surface area (Å²) in [6.07, 6.45) is -3.37. The van der Waals surface area contributed by atoms with Gasteiger partial charge >= 0.3 is 12.1 Å². The molecule has 0 unspecified atom stereocenters. The van der Waals surface area contributed by atoms with Crippen molar-refractivity contribution in [3.8, 4) is 16.9 Å². The number of aromatic nitrogens is 1. The van der Waals surface area contributed by atoms with Crippen LogP contribution in [-0.4, -0.2) is 23.1 Å². The lowest BCUT2D eigenvalue weighted by Crippen LogP contribution is -2.19. The number of nitrogens with zero attached hydrogens (tertiary/aromatic N) is 1. The number of ether oxygens (including phenoxy) is 1. The normalized spacial score (nSPS) is 11.7. The van der Waals surface area contributed by atoms with Crippen molar-refractivity contribution in [3.63, 3.8) is 0 Å². The number of amides is 1. The summed E-state index contributed by atoms with van der Waals surface area (Å²) >= 11 is 12.9. The molecular formula is C30H17Br2ClF3N3O3. The molecule has 0 aliphatic rings. The Bertz CT molecular complexity index is 1860. The Kier molecular flexibility index (Phi) is 8.53. The van der Waals surface area contributed by atoms with Gasteiger partial charge in [-0.2, -0.15) is 18.3 Å². The zero-order valence-electron chi connectivity index (χ0n) is 21.1. The van der Waals surface area contributed by atoms with Crippen LogP contribution in [0.5, 0.6) is 5.75 Å². The van der Waals surface area contributed by atoms with Crippen LogP contribution in [0, 0.1) is 0 Å². The predicted molar refractivity (Wildman–Crippen MR) is 162 cm³/mol. The number of fused-ring (bicyclic) bond motifs is 1. The average molecular weight is 720 g/mol. The van der Waals surface area contributed by atoms with Crippen molar-refractivity contribution in [2.24, 2.45) is 5.10 Å². The Morgan fingerprint density at radius 1 is 0.952 bits per heavy atom. The van der Waals surface area contributed by atoms with Crippen LogP contribution in [0.3, 0.4) is 0 Å². The zero-order chi connectivity index (χ0) is 30.0. The van der Waals surface area contributed by atoms with Gasteiger partial charge in [0.2, 0.25) is 0 Å². The maximum absolute atomic E-state index is 13.3. The topological polar surface area (TPSA) is 83.5 Å². The molecule has 0 fully saturated rings. The Hall–Kier alpha value is -3.93. The van der Waals surface area contributed by atoms with Crippen molar-refractivity contribution in [2.45, 2.75) is 6.18 Å². The molecule has 12 heteroatoms. The fraction of sp³-hybridized carbons (Fsp3) is 0.0333. The van der Waals surface area contributed by atoms with E-state index in [-0.39, 0.29) is 22.6 Å². The summed E-state index contributed by atoms with van der Waals surface area (Å²) in [6.45, 7) is 0. The van der Waals surface area contributed by atoms with E-state index in [1.54, 1.807) is 30.3 Å². The molecule has 0 spiro atoms. The number of hydrogen-bond donors (Lipinski definition) is 2. The number of nitrogens with one attached hydrogen (secondary N) is 2. The molecule has 1 aromatic heterocycles. The first-order valence-electron chi connectivity index (χ1n) is 12.1. The van der Waals surface area contributed by atoms with Crippen LogP contribution in [0.25, 0.3) is 22.0 Å². The lowest BCUT2D eigenvalue weighted by molar-refractivity contribution is -0.137. The Labute approximate surface area is 258 Å². The minimum atomic E-state index is -4.62. The van der Waals surface area contributed by atoms with E-state index in [1.807, 2.05) is 30.3 Å². The fourth-order valence-electron chi connectivity index (χ4n) is 4.21. The maximum atomic E-state index is 13.3. The van der Waals surface area contributed by atoms with Gasteiger partial charge in [0.05, 0.1) is 21.8 Å². The molecule has 6 nitrogen and oxygen atoms in total. The SMILES string of the molecule is O=C(Oc1c(Br)cc(Br)cc1C=NNC(=O)c1[nH]c2ccc(Cl)cc2c1-c1ccccc1)c1cccc(C(F)(F)F)c1. The number of alkyl halides is 3. The molecule has 212 valence electrons. The molecule has 0 atom stereocenters. The van der Waals surface area contributed by atoms with E-state index in [2.05, 4.69) is 47.4 Å². The molecule has 4 aromatic carbocycles. The van der Waals surface area contributed by atoms with Crippen molar-refractivity contribution in [3.05, 3.63) is 121 Å². The highest BCUT2D eigenvalue weighted by Crippen LogP contribution is 2.35. The monoisotopic (exact) mass is 717 g/mol. The Morgan fingerprint density at radius 2 is 1.71 bits per heavy atom. The smallest absolute Gasteiger partial charge is 0.416 e. The minimum absolute atomic E-state index is 0.0103. The molecule has 0 aliphatic heterocycles. The van der Waals surface area contributed by atoms with Crippen molar-refractivity contribution in [1.29, 1.82) is 0 Å². The van der Waals surface area contributed by atoms with Gasteiger partial charge in [0.15, 0.2) is 5.75 Å². The lowest BCUT2D eigenvalue weighted by Gasteiger charge is -2.12. The van der Waals surface area contributed by atoms with Gasteiger partial charge < -0.3 is 9.72 Å². The predicted octanol–water partition coefficient (Wildman–Crippen LogP) is 9.02. The van der Waals surface area contributed by atoms with Crippen molar-refractivity contribution >= 4 is 72.5 Å². The number of H-pyrrole nitrogens is 1. The van der Waals surface area contributed by atoms with Gasteiger partial charge in [0.25, 0.3) is 5.91 Å². The fourth-order valence-corrected chi connectivity index (χ4v) is 5.72. The highest BCUT2D eigenvalue weighted by Gasteiger charge is 2.31. The second-order valence-corrected chi connectivity index (χ2v) is 11.1. The van der Waals surface area contributed by atoms with Crippen LogP contribution >= 0.6 is 43.5 Å². The van der Waals surface area contributed by atoms with Crippen LogP contribution in [0.15, 0.2) is 99.0 Å². The number of rotatable bonds is 6. The largest absolute Gasteiger partial charge is 0.421 e. The van der Waals surface area contributed by atoms with Gasteiger partial charge in [-0.15, -0.1) is 0 Å². The highest BCUT2D eigenvalue weighted by molar-refractivity contribution is 9.11. The Balaban J connectivity index is 1.43. The molecule has 0 saturated carbocycles. The first kappa shape index (κ1) is 29.6. The van der Waals surface area contributed by atoms with Crippen LogP contribution < -0.4 is 10.2 Å². The van der Waals surface area contributed by atoms with Gasteiger partial charge in [-0.3, -0.25) is 4.79 Å². The molecule has 1 amide bonds. The van der Waals surface area contributed by atoms with Crippen LogP contribution in [0.4, 0.5) is 13.2 Å². The summed E-state index contributed by atoms with van der Waals surface area (Å²) in [5.74, 6) is -1.56. The quantitative estimate of drug-likeness (QED) is 0.0796. The zero-order valence-corrected chi connectivity index (χ0v) is 25.0. The van der Waals surface area contributed by atoms with Gasteiger partial charge in [-0.25, -0.2) is 10.2 Å². The van der Waals surface area contributed by atoms with Crippen molar-refractivity contribution in [1.82, 2.24) is 10.4 Å². The molecule has 0 aliphatic carbocycles. The van der Waals surface area contributed by atoms with E-state index in [0.717, 1.165) is 23.1 Å². The average Bonchev–Trinajstić information content (AvgIpc) is 3.33. The van der Waals surface area contributed by atoms with Gasteiger partial charge in [-0.1, -0.05) is 63.9 Å². The van der Waals surface area contributed by atoms with E-state index < -0.39 is 23.6 Å². The number of carbonyl (C=O) groups excluding carboxylic acids is 2. The van der Waals surface area contributed by atoms with Crippen LogP contribution in [0.2, 0.25) is 5.02 Å². The number of hydrogen-bond acceptors (Lipinski definition) is 4. The van der Waals surface area contributed by atoms with Crippen molar-refractivity contribution < 1.29 is 27.5 Å². The molecule has 5 aromatic rings. The summed E-state index contributed by atoms with van der Waals surface area (Å²) in [6, 6.07) is 21.6. The van der Waals surface area contributed by atoms with E-state index in [1.165, 1.54) is 12.3 Å². The third-order valence-electron chi connectivity index (χ3n) is 6.08. The second-order valence-electron chi connectivity index (χ2n) is 8.90. The number of halogens is 6. The Morgan fingerprint density at radius 3 is 2.45 bits per heavy atom. The van der Waals surface area contributed by atoms with Gasteiger partial charge in [0, 0.05) is 31.5 Å². The van der Waals surface area contributed by atoms with E-state index in [4.69, 9.17) is 16.3 Å². The molecule has 1 heterocycles. The second kappa shape index (κ2) is 12.1. The third kappa shape index (κ3) is 6.43. The number of carbonyl (C=O) groups is 2. The number of hydrazone groups is 1. The maximum Gasteiger partial charge on any atom is 0.416 e. The first-order chi connectivity index (χ1) is 20.0. The summed E-state index contributed by atoms with van der Waals surface area (Å²) in [5.41, 5.74) is 3.85. The molecule has 0 radical (unpaired) electrons. The third-order valence-corrected chi connectivity index (χ3v) is 7.36. The molecule has 5 rings (SSSR count). The highest BCUT2D eigenvalue weighted by atomic mass is 79.9. The van der Waals surface area contributed by atoms with E-state index in [0.29, 0.717) is 31.1 Å². The molecule has 42 heavy (non-hydrogen) atoms. The number of benzene rings is 4. The summed E-state index contributed by atoms with van der Waals surface area (Å²) < 4.78 is 45.8. The van der Waals surface area contributed by atoms with Gasteiger partial charge in [0.1, 0.15) is 5.69 Å². The molecule has 0 bridgehead atoms. The number of aromatic amines is 1. The minimum Gasteiger partial charge on any atom is -0.421 e. The first-order valence-corrected chi connectivity index (χ1v) is 14.1. The standard InChI is InChI=1S/C30H17Br2ClF3N3O3/c31-20-12-18(27(23(32)13-20)42-29(41)17-7-4-8-19(11-17)30(34,35)36)15-37-39-28(40)26-25(16-5-2-1-3-6-16)22-14-21(33)9-10-24(22)38-26/h1-15,38H,(H,39,40). The summed E-state index contributed by atoms with van der Waals surface area (Å²) in [4.78, 5) is 29.2. The van der Waals surface area contributed by atoms with Crippen LogP contribution in [0.1, 0.15) is 32.0 Å². The van der Waals surface area contributed by atoms with Gasteiger partial charge in [-0.05, 0) is 70.0 Å². The van der Waals surface area contributed by atoms with Crippen LogP contribution in [-0.2, 0) is 6.18 Å². The lowest BCUT2D eigenvalue weighted by atomic mass is 10.0. The van der Waals surface area contributed by atoms with Crippen molar-refractivity contribution in [2.75, 3.05) is 0 Å². The summed E-state index contributed by atoms with van der Waals surface area (Å²) in [5, 5.41) is 5.32. The molecule has 0 saturated heterocycles. The van der Waals surface area contributed by atoms with E-state index >= 15 is 0 Å². The molecule has 2 N–H and O–H groups in total. The molecular weight excluding hydrogens is 703 g/mol. The van der Waals surface area contributed by atoms with E-state index in [9.17, 15) is 22.8 Å².